The number of nitrogens with zero attached hydrogens (tertiary/aromatic N) is 2. The van der Waals surface area contributed by atoms with E-state index in [-0.39, 0.29) is 17.4 Å². The molecular weight excluding hydrogens is 340 g/mol. The lowest BCUT2D eigenvalue weighted by Crippen LogP contribution is -2.44. The van der Waals surface area contributed by atoms with Crippen LogP contribution in [-0.4, -0.2) is 53.9 Å². The Bertz CT molecular complexity index is 718. The second-order valence-electron chi connectivity index (χ2n) is 8.88. The van der Waals surface area contributed by atoms with Crippen molar-refractivity contribution in [3.63, 3.8) is 0 Å². The van der Waals surface area contributed by atoms with E-state index in [9.17, 15) is 9.59 Å². The monoisotopic (exact) mass is 370 g/mol. The van der Waals surface area contributed by atoms with Crippen LogP contribution in [0.5, 0.6) is 5.75 Å². The second kappa shape index (κ2) is 7.17. The maximum atomic E-state index is 12.9. The van der Waals surface area contributed by atoms with Gasteiger partial charge in [-0.05, 0) is 63.6 Å². The van der Waals surface area contributed by atoms with E-state index in [1.807, 2.05) is 43.0 Å². The van der Waals surface area contributed by atoms with Gasteiger partial charge in [-0.15, -0.1) is 0 Å². The molecule has 2 heterocycles. The Morgan fingerprint density at radius 2 is 2.00 bits per heavy atom. The van der Waals surface area contributed by atoms with Gasteiger partial charge in [-0.25, -0.2) is 0 Å². The van der Waals surface area contributed by atoms with Gasteiger partial charge in [-0.1, -0.05) is 6.07 Å². The third-order valence-electron chi connectivity index (χ3n) is 6.14. The van der Waals surface area contributed by atoms with Gasteiger partial charge in [0.15, 0.2) is 0 Å². The fourth-order valence-electron chi connectivity index (χ4n) is 4.44. The minimum Gasteiger partial charge on any atom is -0.491 e. The summed E-state index contributed by atoms with van der Waals surface area (Å²) in [5.74, 6) is 1.87. The molecule has 146 valence electrons. The highest BCUT2D eigenvalue weighted by Gasteiger charge is 2.46. The van der Waals surface area contributed by atoms with E-state index in [1.165, 1.54) is 12.8 Å². The van der Waals surface area contributed by atoms with Gasteiger partial charge in [0.2, 0.25) is 5.91 Å². The molecule has 5 heteroatoms. The van der Waals surface area contributed by atoms with E-state index in [2.05, 4.69) is 4.90 Å². The third-order valence-corrected chi connectivity index (χ3v) is 6.14. The zero-order valence-corrected chi connectivity index (χ0v) is 16.4. The molecule has 2 aliphatic heterocycles. The molecule has 5 nitrogen and oxygen atoms in total. The van der Waals surface area contributed by atoms with Crippen molar-refractivity contribution >= 4 is 11.8 Å². The lowest BCUT2D eigenvalue weighted by Gasteiger charge is -2.39. The van der Waals surface area contributed by atoms with Crippen LogP contribution >= 0.6 is 0 Å². The maximum Gasteiger partial charge on any atom is 0.253 e. The molecule has 1 saturated carbocycles. The summed E-state index contributed by atoms with van der Waals surface area (Å²) in [6.07, 6.45) is 5.15. The summed E-state index contributed by atoms with van der Waals surface area (Å²) in [6.45, 7) is 7.27. The van der Waals surface area contributed by atoms with Crippen molar-refractivity contribution in [3.8, 4) is 5.75 Å². The van der Waals surface area contributed by atoms with Crippen LogP contribution in [0.3, 0.4) is 0 Å². The molecule has 1 aromatic rings. The van der Waals surface area contributed by atoms with Crippen LogP contribution in [0.4, 0.5) is 0 Å². The van der Waals surface area contributed by atoms with Gasteiger partial charge in [-0.3, -0.25) is 9.59 Å². The number of hydrogen-bond acceptors (Lipinski definition) is 3. The molecule has 1 aromatic carbocycles. The number of carbonyl (C=O) groups is 2. The molecule has 0 aromatic heterocycles. The quantitative estimate of drug-likeness (QED) is 0.799. The Kier molecular flexibility index (Phi) is 4.87. The molecule has 2 amide bonds. The normalized spacial score (nSPS) is 22.0. The van der Waals surface area contributed by atoms with Gasteiger partial charge in [0.25, 0.3) is 5.91 Å². The first kappa shape index (κ1) is 18.3. The zero-order valence-electron chi connectivity index (χ0n) is 16.4. The SMILES string of the molecule is CC(C)Oc1cccc(C(=O)N2CCC3(CC2)CC(=O)N(CC2CC2)C3)c1. The fourth-order valence-corrected chi connectivity index (χ4v) is 4.44. The molecule has 4 rings (SSSR count). The number of ether oxygens (including phenoxy) is 1. The predicted molar refractivity (Wildman–Crippen MR) is 104 cm³/mol. The highest BCUT2D eigenvalue weighted by atomic mass is 16.5. The van der Waals surface area contributed by atoms with Crippen molar-refractivity contribution in [2.24, 2.45) is 11.3 Å². The molecule has 0 radical (unpaired) electrons. The van der Waals surface area contributed by atoms with E-state index < -0.39 is 0 Å². The zero-order chi connectivity index (χ0) is 19.0. The largest absolute Gasteiger partial charge is 0.491 e. The number of piperidine rings is 1. The lowest BCUT2D eigenvalue weighted by atomic mass is 9.77. The number of rotatable bonds is 5. The Morgan fingerprint density at radius 1 is 1.26 bits per heavy atom. The smallest absolute Gasteiger partial charge is 0.253 e. The topological polar surface area (TPSA) is 49.9 Å². The Morgan fingerprint density at radius 3 is 2.67 bits per heavy atom. The van der Waals surface area contributed by atoms with E-state index in [4.69, 9.17) is 4.74 Å². The number of likely N-dealkylation sites (tertiary alicyclic amines) is 2. The summed E-state index contributed by atoms with van der Waals surface area (Å²) in [4.78, 5) is 29.3. The predicted octanol–water partition coefficient (Wildman–Crippen LogP) is 3.34. The summed E-state index contributed by atoms with van der Waals surface area (Å²) in [6, 6.07) is 7.46. The number of benzene rings is 1. The number of carbonyl (C=O) groups excluding carboxylic acids is 2. The molecule has 0 unspecified atom stereocenters. The average Bonchev–Trinajstić information content (AvgIpc) is 3.39. The van der Waals surface area contributed by atoms with Gasteiger partial charge in [0.1, 0.15) is 5.75 Å². The third kappa shape index (κ3) is 4.12. The first-order chi connectivity index (χ1) is 12.9. The van der Waals surface area contributed by atoms with Crippen LogP contribution in [0, 0.1) is 11.3 Å². The molecule has 3 fully saturated rings. The number of hydrogen-bond donors (Lipinski definition) is 0. The molecule has 1 spiro atoms. The van der Waals surface area contributed by atoms with Crippen LogP contribution in [-0.2, 0) is 4.79 Å². The molecule has 1 aliphatic carbocycles. The molecular formula is C22H30N2O3. The standard InChI is InChI=1S/C22H30N2O3/c1-16(2)27-19-5-3-4-18(12-19)21(26)23-10-8-22(9-11-23)13-20(25)24(15-22)14-17-6-7-17/h3-5,12,16-17H,6-11,13-15H2,1-2H3. The molecule has 2 saturated heterocycles. The minimum absolute atomic E-state index is 0.0678. The van der Waals surface area contributed by atoms with Gasteiger partial charge in [0.05, 0.1) is 6.10 Å². The second-order valence-corrected chi connectivity index (χ2v) is 8.88. The van der Waals surface area contributed by atoms with E-state index in [1.54, 1.807) is 0 Å². The molecule has 27 heavy (non-hydrogen) atoms. The summed E-state index contributed by atoms with van der Waals surface area (Å²) >= 11 is 0. The highest BCUT2D eigenvalue weighted by Crippen LogP contribution is 2.43. The van der Waals surface area contributed by atoms with Crippen molar-refractivity contribution in [3.05, 3.63) is 29.8 Å². The van der Waals surface area contributed by atoms with Gasteiger partial charge < -0.3 is 14.5 Å². The van der Waals surface area contributed by atoms with Crippen LogP contribution in [0.1, 0.15) is 56.3 Å². The first-order valence-electron chi connectivity index (χ1n) is 10.3. The summed E-state index contributed by atoms with van der Waals surface area (Å²) in [5.41, 5.74) is 0.771. The summed E-state index contributed by atoms with van der Waals surface area (Å²) in [7, 11) is 0. The molecule has 3 aliphatic rings. The van der Waals surface area contributed by atoms with Crippen LogP contribution < -0.4 is 4.74 Å². The number of amides is 2. The van der Waals surface area contributed by atoms with Gasteiger partial charge in [0, 0.05) is 43.6 Å². The maximum absolute atomic E-state index is 12.9. The molecule has 0 bridgehead atoms. The van der Waals surface area contributed by atoms with Crippen LogP contribution in [0.25, 0.3) is 0 Å². The van der Waals surface area contributed by atoms with E-state index in [0.717, 1.165) is 50.7 Å². The van der Waals surface area contributed by atoms with Crippen molar-refractivity contribution in [2.45, 2.75) is 52.1 Å². The molecule has 0 atom stereocenters. The first-order valence-corrected chi connectivity index (χ1v) is 10.3. The minimum atomic E-state index is 0.0678. The Hall–Kier alpha value is -2.04. The van der Waals surface area contributed by atoms with Crippen molar-refractivity contribution in [1.29, 1.82) is 0 Å². The average molecular weight is 370 g/mol. The Labute approximate surface area is 161 Å². The van der Waals surface area contributed by atoms with E-state index >= 15 is 0 Å². The van der Waals surface area contributed by atoms with Crippen molar-refractivity contribution in [2.75, 3.05) is 26.2 Å². The Balaban J connectivity index is 1.36. The van der Waals surface area contributed by atoms with Gasteiger partial charge in [-0.2, -0.15) is 0 Å². The summed E-state index contributed by atoms with van der Waals surface area (Å²) in [5, 5.41) is 0. The van der Waals surface area contributed by atoms with E-state index in [0.29, 0.717) is 17.9 Å². The van der Waals surface area contributed by atoms with Crippen LogP contribution in [0.15, 0.2) is 24.3 Å². The van der Waals surface area contributed by atoms with Crippen molar-refractivity contribution < 1.29 is 14.3 Å². The lowest BCUT2D eigenvalue weighted by molar-refractivity contribution is -0.128. The summed E-state index contributed by atoms with van der Waals surface area (Å²) < 4.78 is 5.72. The van der Waals surface area contributed by atoms with Crippen LogP contribution in [0.2, 0.25) is 0 Å². The fraction of sp³-hybridized carbons (Fsp3) is 0.636. The molecule has 0 N–H and O–H groups in total. The highest BCUT2D eigenvalue weighted by molar-refractivity contribution is 5.94. The van der Waals surface area contributed by atoms with Crippen molar-refractivity contribution in [1.82, 2.24) is 9.80 Å². The van der Waals surface area contributed by atoms with Gasteiger partial charge >= 0.3 is 0 Å².